The van der Waals surface area contributed by atoms with Crippen molar-refractivity contribution in [2.45, 2.75) is 329 Å². The summed E-state index contributed by atoms with van der Waals surface area (Å²) in [5, 5.41) is 26.1. The second-order valence-electron chi connectivity index (χ2n) is 23.1. The fourth-order valence-electron chi connectivity index (χ4n) is 10.7. The topological polar surface area (TPSA) is 106 Å². The maximum atomic E-state index is 12.4. The third-order valence-electron chi connectivity index (χ3n) is 15.5. The summed E-state index contributed by atoms with van der Waals surface area (Å²) in [6.07, 6.45) is 56.5. The Bertz CT molecular complexity index is 1100. The Balaban J connectivity index is 4.99. The number of unbranched alkanes of at least 4 members (excludes halogenated alkanes) is 37. The van der Waals surface area contributed by atoms with Crippen LogP contribution in [0.2, 0.25) is 0 Å². The van der Waals surface area contributed by atoms with E-state index in [1.54, 1.807) is 0 Å². The van der Waals surface area contributed by atoms with Crippen molar-refractivity contribution < 1.29 is 24.5 Å². The van der Waals surface area contributed by atoms with Gasteiger partial charge in [0.25, 0.3) is 0 Å². The highest BCUT2D eigenvalue weighted by atomic mass is 16.5. The van der Waals surface area contributed by atoms with Gasteiger partial charge in [0.2, 0.25) is 0 Å². The molecule has 0 saturated heterocycles. The van der Waals surface area contributed by atoms with Crippen LogP contribution in [0.4, 0.5) is 0 Å². The van der Waals surface area contributed by atoms with Crippen LogP contribution in [-0.4, -0.2) is 128 Å². The van der Waals surface area contributed by atoms with Crippen molar-refractivity contribution in [3.05, 3.63) is 0 Å². The van der Waals surface area contributed by atoms with Gasteiger partial charge in [-0.2, -0.15) is 0 Å². The normalized spacial score (nSPS) is 12.7. The maximum absolute atomic E-state index is 12.4. The molecule has 442 valence electrons. The van der Waals surface area contributed by atoms with Crippen molar-refractivity contribution in [1.82, 2.24) is 20.0 Å². The number of aliphatic hydroxyl groups excluding tert-OH is 2. The van der Waals surface area contributed by atoms with Crippen LogP contribution in [0.5, 0.6) is 0 Å². The van der Waals surface area contributed by atoms with Gasteiger partial charge in [0.1, 0.15) is 6.29 Å². The number of ether oxygens (including phenoxy) is 1. The average molecular weight is 1050 g/mol. The van der Waals surface area contributed by atoms with Crippen LogP contribution in [0, 0.1) is 0 Å². The number of hydrogen-bond acceptors (Lipinski definition) is 9. The molecule has 0 aliphatic carbocycles. The molecule has 74 heavy (non-hydrogen) atoms. The van der Waals surface area contributed by atoms with Crippen LogP contribution in [0.1, 0.15) is 317 Å². The molecule has 9 heteroatoms. The van der Waals surface area contributed by atoms with E-state index >= 15 is 0 Å². The lowest BCUT2D eigenvalue weighted by Crippen LogP contribution is -2.42. The summed E-state index contributed by atoms with van der Waals surface area (Å²) in [6, 6.07) is 0. The van der Waals surface area contributed by atoms with Crippen molar-refractivity contribution in [2.75, 3.05) is 78.6 Å². The Morgan fingerprint density at radius 2 is 0.689 bits per heavy atom. The number of carbonyl (C=O) groups is 2. The molecule has 0 aliphatic rings. The van der Waals surface area contributed by atoms with E-state index < -0.39 is 12.2 Å². The molecule has 0 aromatic rings. The summed E-state index contributed by atoms with van der Waals surface area (Å²) in [6.45, 7) is 18.8. The Hall–Kier alpha value is -1.10. The van der Waals surface area contributed by atoms with Crippen molar-refractivity contribution in [1.29, 1.82) is 0 Å². The predicted molar refractivity (Wildman–Crippen MR) is 322 cm³/mol. The highest BCUT2D eigenvalue weighted by Crippen LogP contribution is 2.16. The van der Waals surface area contributed by atoms with E-state index in [1.807, 2.05) is 0 Å². The van der Waals surface area contributed by atoms with E-state index in [-0.39, 0.29) is 5.97 Å². The van der Waals surface area contributed by atoms with Crippen molar-refractivity contribution in [3.63, 3.8) is 0 Å². The molecule has 0 radical (unpaired) electrons. The Morgan fingerprint density at radius 1 is 0.392 bits per heavy atom. The fourth-order valence-corrected chi connectivity index (χ4v) is 10.7. The molecular weight excluding hydrogens is 917 g/mol. The van der Waals surface area contributed by atoms with E-state index in [4.69, 9.17) is 4.74 Å². The summed E-state index contributed by atoms with van der Waals surface area (Å²) in [4.78, 5) is 30.9. The van der Waals surface area contributed by atoms with Gasteiger partial charge in [0.15, 0.2) is 0 Å². The number of nitrogens with zero attached hydrogens (tertiary/aromatic N) is 3. The molecule has 9 nitrogen and oxygen atoms in total. The first-order valence-corrected chi connectivity index (χ1v) is 33.2. The first kappa shape index (κ1) is 72.9. The minimum absolute atomic E-state index is 0.0953. The minimum Gasteiger partial charge on any atom is -0.466 e. The lowest BCUT2D eigenvalue weighted by atomic mass is 10.0. The van der Waals surface area contributed by atoms with Crippen molar-refractivity contribution in [2.24, 2.45) is 0 Å². The standard InChI is InChI=1S/C65H132N4O5/c1-5-9-13-16-19-22-25-28-31-34-37-40-47-58-74-65(73)49-48-50-66-59-63(71)60-68(52-41-38-35-32-29-26-23-20-17-14-10-6-2)54-43-44-55-69(53-42-39-36-33-30-27-24-21-18-15-11-7-3)62-64(72)61-67(51-12-8-4)56-45-46-57-70/h57,63-64,66,71-72H,5-56,58-62H2,1-4H3. The number of aldehydes is 1. The number of esters is 1. The SMILES string of the molecule is CCCCCCCCCCCCCCCOC(=O)CCCNCC(O)CN(CCCCCCCCCCCCCC)CCCCN(CCCCCCCCCCCCCC)CC(O)CN(CCCC)CCCC=O. The molecule has 0 bridgehead atoms. The van der Waals surface area contributed by atoms with Gasteiger partial charge in [-0.1, -0.05) is 252 Å². The fraction of sp³-hybridized carbons (Fsp3) is 0.969. The van der Waals surface area contributed by atoms with Gasteiger partial charge < -0.3 is 39.8 Å². The quantitative estimate of drug-likeness (QED) is 0.0312. The van der Waals surface area contributed by atoms with Gasteiger partial charge in [-0.25, -0.2) is 0 Å². The monoisotopic (exact) mass is 1050 g/mol. The largest absolute Gasteiger partial charge is 0.466 e. The van der Waals surface area contributed by atoms with E-state index in [0.717, 1.165) is 96.9 Å². The van der Waals surface area contributed by atoms with Crippen LogP contribution in [0.25, 0.3) is 0 Å². The summed E-state index contributed by atoms with van der Waals surface area (Å²) in [7, 11) is 0. The number of carbonyl (C=O) groups excluding carboxylic acids is 2. The second-order valence-corrected chi connectivity index (χ2v) is 23.1. The molecule has 0 aromatic carbocycles. The molecule has 0 spiro atoms. The van der Waals surface area contributed by atoms with Crippen LogP contribution in [0.15, 0.2) is 0 Å². The average Bonchev–Trinajstić information content (AvgIpc) is 3.39. The lowest BCUT2D eigenvalue weighted by molar-refractivity contribution is -0.143. The first-order chi connectivity index (χ1) is 36.4. The zero-order valence-corrected chi connectivity index (χ0v) is 50.5. The van der Waals surface area contributed by atoms with E-state index in [2.05, 4.69) is 47.7 Å². The smallest absolute Gasteiger partial charge is 0.305 e. The third kappa shape index (κ3) is 55.6. The zero-order chi connectivity index (χ0) is 53.9. The summed E-state index contributed by atoms with van der Waals surface area (Å²) in [5.41, 5.74) is 0. The van der Waals surface area contributed by atoms with Gasteiger partial charge in [0, 0.05) is 39.0 Å². The molecule has 0 aromatic heterocycles. The Morgan fingerprint density at radius 3 is 1.05 bits per heavy atom. The van der Waals surface area contributed by atoms with Gasteiger partial charge in [-0.3, -0.25) is 4.79 Å². The molecule has 3 N–H and O–H groups in total. The number of aliphatic hydroxyl groups is 2. The van der Waals surface area contributed by atoms with E-state index in [1.165, 1.54) is 225 Å². The van der Waals surface area contributed by atoms with Crippen molar-refractivity contribution in [3.8, 4) is 0 Å². The predicted octanol–water partition coefficient (Wildman–Crippen LogP) is 16.6. The molecule has 2 unspecified atom stereocenters. The molecule has 0 rings (SSSR count). The molecule has 0 heterocycles. The summed E-state index contributed by atoms with van der Waals surface area (Å²) in [5.74, 6) is -0.0953. The van der Waals surface area contributed by atoms with Crippen LogP contribution < -0.4 is 5.32 Å². The highest BCUT2D eigenvalue weighted by Gasteiger charge is 2.17. The molecule has 0 fully saturated rings. The minimum atomic E-state index is -0.450. The number of hydrogen-bond donors (Lipinski definition) is 3. The van der Waals surface area contributed by atoms with Gasteiger partial charge in [-0.15, -0.1) is 0 Å². The zero-order valence-electron chi connectivity index (χ0n) is 50.5. The van der Waals surface area contributed by atoms with Crippen LogP contribution >= 0.6 is 0 Å². The summed E-state index contributed by atoms with van der Waals surface area (Å²) < 4.78 is 5.55. The van der Waals surface area contributed by atoms with E-state index in [9.17, 15) is 19.8 Å². The third-order valence-corrected chi connectivity index (χ3v) is 15.5. The number of nitrogens with one attached hydrogen (secondary N) is 1. The van der Waals surface area contributed by atoms with Crippen LogP contribution in [-0.2, 0) is 14.3 Å². The van der Waals surface area contributed by atoms with Crippen LogP contribution in [0.3, 0.4) is 0 Å². The Kier molecular flexibility index (Phi) is 60.2. The van der Waals surface area contributed by atoms with Gasteiger partial charge in [0.05, 0.1) is 18.8 Å². The van der Waals surface area contributed by atoms with E-state index in [0.29, 0.717) is 52.2 Å². The maximum Gasteiger partial charge on any atom is 0.305 e. The van der Waals surface area contributed by atoms with Gasteiger partial charge in [-0.05, 0) is 97.2 Å². The number of rotatable bonds is 64. The first-order valence-electron chi connectivity index (χ1n) is 33.2. The van der Waals surface area contributed by atoms with Crippen molar-refractivity contribution >= 4 is 12.3 Å². The lowest BCUT2D eigenvalue weighted by Gasteiger charge is -2.30. The Labute approximate surface area is 462 Å². The molecular formula is C65H132N4O5. The molecule has 0 aliphatic heterocycles. The second kappa shape index (κ2) is 61.1. The molecule has 0 saturated carbocycles. The molecule has 0 amide bonds. The highest BCUT2D eigenvalue weighted by molar-refractivity contribution is 5.69. The van der Waals surface area contributed by atoms with Gasteiger partial charge >= 0.3 is 5.97 Å². The molecule has 2 atom stereocenters. The summed E-state index contributed by atoms with van der Waals surface area (Å²) >= 11 is 0.